The number of rotatable bonds is 7. The van der Waals surface area contributed by atoms with Crippen molar-refractivity contribution in [3.05, 3.63) is 23.8 Å². The lowest BCUT2D eigenvalue weighted by Gasteiger charge is -2.31. The average Bonchev–Trinajstić information content (AvgIpc) is 3.50. The van der Waals surface area contributed by atoms with Gasteiger partial charge in [-0.3, -0.25) is 4.79 Å². The summed E-state index contributed by atoms with van der Waals surface area (Å²) in [5.74, 6) is -0.258. The molecule has 0 spiro atoms. The first-order chi connectivity index (χ1) is 13.7. The second kappa shape index (κ2) is 8.71. The number of carbonyl (C=O) groups is 2. The SMILES string of the molecule is COc1ccc(C(=O)O[C@@H](C)C(=O)N2CCC(C)CC2)cc1S(=O)(=O)NC1CC1. The molecule has 0 bridgehead atoms. The Hall–Kier alpha value is -2.13. The molecule has 0 unspecified atom stereocenters. The van der Waals surface area contributed by atoms with E-state index in [9.17, 15) is 18.0 Å². The number of carbonyl (C=O) groups excluding carboxylic acids is 2. The summed E-state index contributed by atoms with van der Waals surface area (Å²) in [6.45, 7) is 4.99. The highest BCUT2D eigenvalue weighted by molar-refractivity contribution is 7.89. The van der Waals surface area contributed by atoms with Crippen molar-refractivity contribution in [1.82, 2.24) is 9.62 Å². The molecule has 1 amide bonds. The molecule has 3 rings (SSSR count). The van der Waals surface area contributed by atoms with Crippen LogP contribution in [0.4, 0.5) is 0 Å². The van der Waals surface area contributed by atoms with E-state index in [0.29, 0.717) is 19.0 Å². The minimum atomic E-state index is -3.82. The molecule has 8 nitrogen and oxygen atoms in total. The lowest BCUT2D eigenvalue weighted by molar-refractivity contribution is -0.141. The molecular weight excluding hydrogens is 396 g/mol. The van der Waals surface area contributed by atoms with Crippen molar-refractivity contribution in [2.75, 3.05) is 20.2 Å². The number of hydrogen-bond acceptors (Lipinski definition) is 6. The summed E-state index contributed by atoms with van der Waals surface area (Å²) in [5, 5.41) is 0. The van der Waals surface area contributed by atoms with E-state index in [1.807, 2.05) is 0 Å². The van der Waals surface area contributed by atoms with Gasteiger partial charge in [0.05, 0.1) is 12.7 Å². The van der Waals surface area contributed by atoms with Gasteiger partial charge in [-0.2, -0.15) is 0 Å². The average molecular weight is 425 g/mol. The van der Waals surface area contributed by atoms with Gasteiger partial charge in [0, 0.05) is 19.1 Å². The van der Waals surface area contributed by atoms with E-state index in [-0.39, 0.29) is 28.2 Å². The summed E-state index contributed by atoms with van der Waals surface area (Å²) >= 11 is 0. The third-order valence-corrected chi connectivity index (χ3v) is 6.86. The molecule has 9 heteroatoms. The fourth-order valence-electron chi connectivity index (χ4n) is 3.26. The van der Waals surface area contributed by atoms with E-state index in [1.165, 1.54) is 32.2 Å². The zero-order valence-electron chi connectivity index (χ0n) is 17.0. The van der Waals surface area contributed by atoms with Crippen LogP contribution in [0.1, 0.15) is 49.9 Å². The predicted octanol–water partition coefficient (Wildman–Crippen LogP) is 1.94. The van der Waals surface area contributed by atoms with Crippen LogP contribution in [0.25, 0.3) is 0 Å². The number of sulfonamides is 1. The molecule has 0 aromatic heterocycles. The summed E-state index contributed by atoms with van der Waals surface area (Å²) in [4.78, 5) is 26.7. The maximum atomic E-state index is 12.6. The Kier molecular flexibility index (Phi) is 6.48. The zero-order valence-corrected chi connectivity index (χ0v) is 17.8. The smallest absolute Gasteiger partial charge is 0.338 e. The fourth-order valence-corrected chi connectivity index (χ4v) is 4.76. The first-order valence-electron chi connectivity index (χ1n) is 9.91. The Morgan fingerprint density at radius 1 is 1.17 bits per heavy atom. The Bertz CT molecular complexity index is 873. The monoisotopic (exact) mass is 424 g/mol. The van der Waals surface area contributed by atoms with E-state index in [2.05, 4.69) is 11.6 Å². The Morgan fingerprint density at radius 2 is 1.83 bits per heavy atom. The van der Waals surface area contributed by atoms with Gasteiger partial charge < -0.3 is 14.4 Å². The standard InChI is InChI=1S/C20H28N2O6S/c1-13-8-10-22(11-9-13)19(23)14(2)28-20(24)15-4-7-17(27-3)18(12-15)29(25,26)21-16-5-6-16/h4,7,12-14,16,21H,5-6,8-11H2,1-3H3/t14-/m0/s1. The summed E-state index contributed by atoms with van der Waals surface area (Å²) in [6.07, 6.45) is 2.50. The third-order valence-electron chi connectivity index (χ3n) is 5.31. The number of nitrogens with one attached hydrogen (secondary N) is 1. The van der Waals surface area contributed by atoms with E-state index in [4.69, 9.17) is 9.47 Å². The Morgan fingerprint density at radius 3 is 2.41 bits per heavy atom. The number of nitrogens with zero attached hydrogens (tertiary/aromatic N) is 1. The molecule has 1 aliphatic carbocycles. The minimum Gasteiger partial charge on any atom is -0.495 e. The third kappa shape index (κ3) is 5.27. The second-order valence-electron chi connectivity index (χ2n) is 7.82. The number of benzene rings is 1. The van der Waals surface area contributed by atoms with Crippen LogP contribution in [-0.2, 0) is 19.6 Å². The maximum absolute atomic E-state index is 12.6. The van der Waals surface area contributed by atoms with Crippen LogP contribution >= 0.6 is 0 Å². The molecule has 1 saturated heterocycles. The molecule has 1 aromatic rings. The first kappa shape index (κ1) is 21.6. The lowest BCUT2D eigenvalue weighted by atomic mass is 9.99. The summed E-state index contributed by atoms with van der Waals surface area (Å²) in [5.41, 5.74) is 0.0499. The highest BCUT2D eigenvalue weighted by atomic mass is 32.2. The number of methoxy groups -OCH3 is 1. The van der Waals surface area contributed by atoms with Gasteiger partial charge in [0.2, 0.25) is 10.0 Å². The Balaban J connectivity index is 1.71. The van der Waals surface area contributed by atoms with Crippen LogP contribution in [-0.4, -0.2) is 57.5 Å². The van der Waals surface area contributed by atoms with Crippen LogP contribution in [0.2, 0.25) is 0 Å². The van der Waals surface area contributed by atoms with Crippen molar-refractivity contribution >= 4 is 21.9 Å². The van der Waals surface area contributed by atoms with Gasteiger partial charge in [-0.05, 0) is 56.7 Å². The maximum Gasteiger partial charge on any atom is 0.338 e. The molecule has 1 aromatic carbocycles. The van der Waals surface area contributed by atoms with Crippen LogP contribution in [0, 0.1) is 5.92 Å². The van der Waals surface area contributed by atoms with Crippen LogP contribution in [0.5, 0.6) is 5.75 Å². The molecule has 1 aliphatic heterocycles. The number of likely N-dealkylation sites (tertiary alicyclic amines) is 1. The molecule has 0 radical (unpaired) electrons. The van der Waals surface area contributed by atoms with E-state index in [1.54, 1.807) is 4.90 Å². The van der Waals surface area contributed by atoms with Crippen molar-refractivity contribution in [2.45, 2.75) is 56.6 Å². The predicted molar refractivity (Wildman–Crippen MR) is 106 cm³/mol. The molecule has 1 heterocycles. The van der Waals surface area contributed by atoms with Crippen molar-refractivity contribution in [2.24, 2.45) is 5.92 Å². The molecule has 1 N–H and O–H groups in total. The van der Waals surface area contributed by atoms with Crippen molar-refractivity contribution in [3.63, 3.8) is 0 Å². The van der Waals surface area contributed by atoms with E-state index >= 15 is 0 Å². The van der Waals surface area contributed by atoms with Gasteiger partial charge in [-0.15, -0.1) is 0 Å². The Labute approximate surface area is 171 Å². The van der Waals surface area contributed by atoms with Crippen molar-refractivity contribution in [3.8, 4) is 5.75 Å². The quantitative estimate of drug-likeness (QED) is 0.671. The topological polar surface area (TPSA) is 102 Å². The van der Waals surface area contributed by atoms with Crippen LogP contribution in [0.3, 0.4) is 0 Å². The van der Waals surface area contributed by atoms with Crippen LogP contribution < -0.4 is 9.46 Å². The number of hydrogen-bond donors (Lipinski definition) is 1. The van der Waals surface area contributed by atoms with Crippen LogP contribution in [0.15, 0.2) is 23.1 Å². The second-order valence-corrected chi connectivity index (χ2v) is 9.50. The molecule has 160 valence electrons. The zero-order chi connectivity index (χ0) is 21.2. The van der Waals surface area contributed by atoms with Crippen molar-refractivity contribution in [1.29, 1.82) is 0 Å². The summed E-state index contributed by atoms with van der Waals surface area (Å²) < 4.78 is 38.2. The molecule has 1 saturated carbocycles. The number of esters is 1. The largest absolute Gasteiger partial charge is 0.495 e. The fraction of sp³-hybridized carbons (Fsp3) is 0.600. The highest BCUT2D eigenvalue weighted by Gasteiger charge is 2.31. The van der Waals surface area contributed by atoms with Gasteiger partial charge >= 0.3 is 5.97 Å². The van der Waals surface area contributed by atoms with Gasteiger partial charge in [0.25, 0.3) is 5.91 Å². The molecule has 2 fully saturated rings. The van der Waals surface area contributed by atoms with Gasteiger partial charge in [-0.25, -0.2) is 17.9 Å². The summed E-state index contributed by atoms with van der Waals surface area (Å²) in [7, 11) is -2.46. The number of amides is 1. The molecular formula is C20H28N2O6S. The minimum absolute atomic E-state index is 0.0499. The van der Waals surface area contributed by atoms with Gasteiger partial charge in [-0.1, -0.05) is 6.92 Å². The van der Waals surface area contributed by atoms with Crippen molar-refractivity contribution < 1.29 is 27.5 Å². The van der Waals surface area contributed by atoms with Gasteiger partial charge in [0.15, 0.2) is 6.10 Å². The van der Waals surface area contributed by atoms with E-state index < -0.39 is 22.1 Å². The highest BCUT2D eigenvalue weighted by Crippen LogP contribution is 2.28. The first-order valence-corrected chi connectivity index (χ1v) is 11.4. The molecule has 1 atom stereocenters. The summed E-state index contributed by atoms with van der Waals surface area (Å²) in [6, 6.07) is 3.99. The van der Waals surface area contributed by atoms with E-state index in [0.717, 1.165) is 25.7 Å². The molecule has 2 aliphatic rings. The number of piperidine rings is 1. The lowest BCUT2D eigenvalue weighted by Crippen LogP contribution is -2.44. The van der Waals surface area contributed by atoms with Gasteiger partial charge in [0.1, 0.15) is 10.6 Å². The molecule has 29 heavy (non-hydrogen) atoms. The normalized spacial score (nSPS) is 18.9. The number of ether oxygens (including phenoxy) is 2.